The van der Waals surface area contributed by atoms with Gasteiger partial charge in [-0.2, -0.15) is 0 Å². The zero-order valence-electron chi connectivity index (χ0n) is 13.4. The van der Waals surface area contributed by atoms with Crippen molar-refractivity contribution in [1.29, 1.82) is 0 Å². The van der Waals surface area contributed by atoms with E-state index in [1.807, 2.05) is 18.5 Å². The molecule has 3 rings (SSSR count). The van der Waals surface area contributed by atoms with E-state index in [1.54, 1.807) is 11.3 Å². The van der Waals surface area contributed by atoms with E-state index in [-0.39, 0.29) is 5.91 Å². The first-order chi connectivity index (χ1) is 11.2. The molecule has 1 atom stereocenters. The summed E-state index contributed by atoms with van der Waals surface area (Å²) in [6.07, 6.45) is 7.30. The summed E-state index contributed by atoms with van der Waals surface area (Å²) in [4.78, 5) is 23.5. The smallest absolute Gasteiger partial charge is 0.223 e. The van der Waals surface area contributed by atoms with Crippen LogP contribution in [0.15, 0.2) is 30.6 Å². The molecular weight excluding hydrogens is 308 g/mol. The molecule has 6 heteroatoms. The number of nitrogens with zero attached hydrogens (tertiary/aromatic N) is 3. The van der Waals surface area contributed by atoms with Crippen LogP contribution in [0.5, 0.6) is 0 Å². The standard InChI is InChI=1S/C17H22N4OS/c1-13(22)20-17-19-10-16(23-17)12-21-8-4-5-14(11-21)9-15-6-2-3-7-18-15/h2-3,6-7,10,14H,4-5,8-9,11-12H2,1H3,(H,19,20,22). The maximum absolute atomic E-state index is 11.1. The Balaban J connectivity index is 1.54. The first kappa shape index (κ1) is 16.1. The highest BCUT2D eigenvalue weighted by Gasteiger charge is 2.21. The van der Waals surface area contributed by atoms with E-state index in [9.17, 15) is 4.79 Å². The Morgan fingerprint density at radius 3 is 3.13 bits per heavy atom. The van der Waals surface area contributed by atoms with Crippen LogP contribution in [0, 0.1) is 5.92 Å². The number of anilines is 1. The molecule has 5 nitrogen and oxygen atoms in total. The SMILES string of the molecule is CC(=O)Nc1ncc(CN2CCCC(Cc3ccccn3)C2)s1. The molecule has 3 heterocycles. The fourth-order valence-electron chi connectivity index (χ4n) is 3.09. The van der Waals surface area contributed by atoms with Crippen LogP contribution in [0.4, 0.5) is 5.13 Å². The van der Waals surface area contributed by atoms with Gasteiger partial charge in [0.1, 0.15) is 0 Å². The minimum atomic E-state index is -0.0701. The van der Waals surface area contributed by atoms with E-state index >= 15 is 0 Å². The largest absolute Gasteiger partial charge is 0.302 e. The number of aromatic nitrogens is 2. The van der Waals surface area contributed by atoms with Gasteiger partial charge in [0.25, 0.3) is 0 Å². The van der Waals surface area contributed by atoms with Crippen LogP contribution in [-0.2, 0) is 17.8 Å². The maximum Gasteiger partial charge on any atom is 0.223 e. The second-order valence-electron chi connectivity index (χ2n) is 6.08. The van der Waals surface area contributed by atoms with Crippen molar-refractivity contribution in [2.24, 2.45) is 5.92 Å². The number of pyridine rings is 1. The molecule has 1 aliphatic heterocycles. The number of hydrogen-bond donors (Lipinski definition) is 1. The van der Waals surface area contributed by atoms with Crippen LogP contribution in [0.3, 0.4) is 0 Å². The van der Waals surface area contributed by atoms with Crippen LogP contribution in [-0.4, -0.2) is 33.9 Å². The molecule has 1 N–H and O–H groups in total. The monoisotopic (exact) mass is 330 g/mol. The van der Waals surface area contributed by atoms with E-state index in [0.29, 0.717) is 11.0 Å². The number of likely N-dealkylation sites (tertiary alicyclic amines) is 1. The molecular formula is C17H22N4OS. The summed E-state index contributed by atoms with van der Waals surface area (Å²) in [7, 11) is 0. The first-order valence-corrected chi connectivity index (χ1v) is 8.85. The molecule has 0 bridgehead atoms. The number of thiazole rings is 1. The van der Waals surface area contributed by atoms with Crippen molar-refractivity contribution in [3.05, 3.63) is 41.2 Å². The minimum absolute atomic E-state index is 0.0701. The van der Waals surface area contributed by atoms with E-state index in [0.717, 1.165) is 26.1 Å². The van der Waals surface area contributed by atoms with Gasteiger partial charge < -0.3 is 5.32 Å². The number of piperidine rings is 1. The Labute approximate surface area is 140 Å². The molecule has 0 radical (unpaired) electrons. The van der Waals surface area contributed by atoms with E-state index < -0.39 is 0 Å². The first-order valence-electron chi connectivity index (χ1n) is 8.03. The Kier molecular flexibility index (Phi) is 5.35. The van der Waals surface area contributed by atoms with E-state index in [1.165, 1.54) is 30.3 Å². The van der Waals surface area contributed by atoms with Crippen molar-refractivity contribution < 1.29 is 4.79 Å². The van der Waals surface area contributed by atoms with Gasteiger partial charge in [-0.05, 0) is 43.9 Å². The molecule has 0 saturated carbocycles. The summed E-state index contributed by atoms with van der Waals surface area (Å²) in [6.45, 7) is 4.65. The third kappa shape index (κ3) is 4.84. The lowest BCUT2D eigenvalue weighted by Crippen LogP contribution is -2.35. The number of hydrogen-bond acceptors (Lipinski definition) is 5. The van der Waals surface area contributed by atoms with Crippen LogP contribution in [0.25, 0.3) is 0 Å². The summed E-state index contributed by atoms with van der Waals surface area (Å²) >= 11 is 1.56. The van der Waals surface area contributed by atoms with Gasteiger partial charge in [0.2, 0.25) is 5.91 Å². The van der Waals surface area contributed by atoms with Crippen LogP contribution < -0.4 is 5.32 Å². The summed E-state index contributed by atoms with van der Waals surface area (Å²) in [6, 6.07) is 6.14. The molecule has 1 fully saturated rings. The lowest BCUT2D eigenvalue weighted by molar-refractivity contribution is -0.114. The van der Waals surface area contributed by atoms with Gasteiger partial charge in [-0.25, -0.2) is 4.98 Å². The summed E-state index contributed by atoms with van der Waals surface area (Å²) < 4.78 is 0. The van der Waals surface area contributed by atoms with Crippen molar-refractivity contribution in [1.82, 2.24) is 14.9 Å². The zero-order valence-corrected chi connectivity index (χ0v) is 14.2. The van der Waals surface area contributed by atoms with Gasteiger partial charge in [-0.3, -0.25) is 14.7 Å². The Morgan fingerprint density at radius 1 is 1.43 bits per heavy atom. The molecule has 0 aliphatic carbocycles. The second kappa shape index (κ2) is 7.66. The molecule has 0 aromatic carbocycles. The summed E-state index contributed by atoms with van der Waals surface area (Å²) in [5.41, 5.74) is 1.19. The van der Waals surface area contributed by atoms with Crippen LogP contribution in [0.2, 0.25) is 0 Å². The van der Waals surface area contributed by atoms with Gasteiger partial charge in [0, 0.05) is 43.0 Å². The van der Waals surface area contributed by atoms with E-state index in [4.69, 9.17) is 0 Å². The third-order valence-corrected chi connectivity index (χ3v) is 4.94. The fraction of sp³-hybridized carbons (Fsp3) is 0.471. The fourth-order valence-corrected chi connectivity index (χ4v) is 3.99. The molecule has 1 aliphatic rings. The number of rotatable bonds is 5. The predicted octanol–water partition coefficient (Wildman–Crippen LogP) is 2.95. The number of nitrogens with one attached hydrogen (secondary N) is 1. The average molecular weight is 330 g/mol. The molecule has 1 unspecified atom stereocenters. The third-order valence-electron chi connectivity index (χ3n) is 4.04. The van der Waals surface area contributed by atoms with Gasteiger partial charge in [0.15, 0.2) is 5.13 Å². The highest BCUT2D eigenvalue weighted by atomic mass is 32.1. The van der Waals surface area contributed by atoms with Gasteiger partial charge in [0.05, 0.1) is 0 Å². The summed E-state index contributed by atoms with van der Waals surface area (Å²) in [5.74, 6) is 0.598. The Hall–Kier alpha value is -1.79. The quantitative estimate of drug-likeness (QED) is 0.916. The van der Waals surface area contributed by atoms with Gasteiger partial charge >= 0.3 is 0 Å². The van der Waals surface area contributed by atoms with Crippen molar-refractivity contribution in [2.45, 2.75) is 32.7 Å². The van der Waals surface area contributed by atoms with Gasteiger partial charge in [-0.1, -0.05) is 6.07 Å². The number of carbonyl (C=O) groups is 1. The van der Waals surface area contributed by atoms with Gasteiger partial charge in [-0.15, -0.1) is 11.3 Å². The van der Waals surface area contributed by atoms with Crippen LogP contribution in [0.1, 0.15) is 30.3 Å². The van der Waals surface area contributed by atoms with Crippen molar-refractivity contribution in [3.8, 4) is 0 Å². The molecule has 122 valence electrons. The van der Waals surface area contributed by atoms with Crippen molar-refractivity contribution in [2.75, 3.05) is 18.4 Å². The maximum atomic E-state index is 11.1. The molecule has 1 amide bonds. The molecule has 1 saturated heterocycles. The summed E-state index contributed by atoms with van der Waals surface area (Å²) in [5, 5.41) is 3.43. The van der Waals surface area contributed by atoms with Crippen molar-refractivity contribution in [3.63, 3.8) is 0 Å². The molecule has 0 spiro atoms. The number of carbonyl (C=O) groups excluding carboxylic acids is 1. The van der Waals surface area contributed by atoms with Crippen LogP contribution >= 0.6 is 11.3 Å². The predicted molar refractivity (Wildman–Crippen MR) is 92.4 cm³/mol. The Morgan fingerprint density at radius 2 is 2.35 bits per heavy atom. The Bertz CT molecular complexity index is 643. The second-order valence-corrected chi connectivity index (χ2v) is 7.20. The highest BCUT2D eigenvalue weighted by molar-refractivity contribution is 7.15. The van der Waals surface area contributed by atoms with Crippen molar-refractivity contribution >= 4 is 22.4 Å². The topological polar surface area (TPSA) is 58.1 Å². The minimum Gasteiger partial charge on any atom is -0.302 e. The molecule has 23 heavy (non-hydrogen) atoms. The normalized spacial score (nSPS) is 18.7. The lowest BCUT2D eigenvalue weighted by Gasteiger charge is -2.32. The molecule has 2 aromatic rings. The number of amides is 1. The molecule has 2 aromatic heterocycles. The highest BCUT2D eigenvalue weighted by Crippen LogP contribution is 2.24. The van der Waals surface area contributed by atoms with E-state index in [2.05, 4.69) is 32.3 Å². The average Bonchev–Trinajstić information content (AvgIpc) is 2.95. The zero-order chi connectivity index (χ0) is 16.1. The lowest BCUT2D eigenvalue weighted by atomic mass is 9.93.